The molecule has 1 atom stereocenters. The molecule has 0 aliphatic carbocycles. The van der Waals surface area contributed by atoms with Gasteiger partial charge in [0.2, 0.25) is 11.8 Å². The Morgan fingerprint density at radius 3 is 2.06 bits per heavy atom. The number of likely N-dealkylation sites (N-methyl/N-ethyl adjacent to an activating group) is 1. The van der Waals surface area contributed by atoms with E-state index in [0.717, 1.165) is 91.9 Å². The van der Waals surface area contributed by atoms with Crippen LogP contribution in [0.2, 0.25) is 0 Å². The van der Waals surface area contributed by atoms with Crippen molar-refractivity contribution in [3.63, 3.8) is 0 Å². The highest BCUT2D eigenvalue weighted by Crippen LogP contribution is 2.23. The van der Waals surface area contributed by atoms with E-state index in [9.17, 15) is 9.59 Å². The second-order valence-electron chi connectivity index (χ2n) is 10.2. The number of hydrogen-bond donors (Lipinski definition) is 2. The first-order valence-electron chi connectivity index (χ1n) is 13.5. The van der Waals surface area contributed by atoms with Crippen molar-refractivity contribution < 1.29 is 9.59 Å². The minimum atomic E-state index is -0.0665. The lowest BCUT2D eigenvalue weighted by molar-refractivity contribution is -0.122. The number of para-hydroxylation sites is 2. The van der Waals surface area contributed by atoms with E-state index in [-0.39, 0.29) is 17.9 Å². The zero-order chi connectivity index (χ0) is 26.1. The van der Waals surface area contributed by atoms with Gasteiger partial charge in [0.25, 0.3) is 0 Å². The Morgan fingerprint density at radius 2 is 1.47 bits per heavy atom. The predicted octanol–water partition coefficient (Wildman–Crippen LogP) is 5.45. The Labute approximate surface area is 217 Å². The molecule has 1 heterocycles. The van der Waals surface area contributed by atoms with Gasteiger partial charge in [-0.15, -0.1) is 0 Å². The molecule has 1 aliphatic heterocycles. The van der Waals surface area contributed by atoms with Crippen LogP contribution < -0.4 is 10.6 Å². The van der Waals surface area contributed by atoms with Crippen LogP contribution in [0.1, 0.15) is 61.3 Å². The highest BCUT2D eigenvalue weighted by atomic mass is 16.2. The Morgan fingerprint density at radius 1 is 0.889 bits per heavy atom. The molecule has 0 bridgehead atoms. The van der Waals surface area contributed by atoms with Crippen LogP contribution >= 0.6 is 0 Å². The Hall–Kier alpha value is -2.70. The molecule has 1 saturated heterocycles. The van der Waals surface area contributed by atoms with Gasteiger partial charge < -0.3 is 10.6 Å². The number of nitrogens with one attached hydrogen (secondary N) is 2. The molecule has 2 aromatic rings. The zero-order valence-corrected chi connectivity index (χ0v) is 22.8. The van der Waals surface area contributed by atoms with Crippen molar-refractivity contribution in [2.45, 2.75) is 72.8 Å². The maximum absolute atomic E-state index is 13.2. The molecule has 1 unspecified atom stereocenters. The number of carbonyl (C=O) groups excluding carboxylic acids is 2. The largest absolute Gasteiger partial charge is 0.324 e. The van der Waals surface area contributed by atoms with Crippen molar-refractivity contribution in [1.82, 2.24) is 9.80 Å². The van der Waals surface area contributed by atoms with E-state index in [1.165, 1.54) is 0 Å². The molecule has 0 aromatic heterocycles. The van der Waals surface area contributed by atoms with Crippen molar-refractivity contribution >= 4 is 23.2 Å². The molecule has 0 spiro atoms. The van der Waals surface area contributed by atoms with Gasteiger partial charge >= 0.3 is 0 Å². The lowest BCUT2D eigenvalue weighted by Gasteiger charge is -2.35. The van der Waals surface area contributed by atoms with Gasteiger partial charge in [-0.1, -0.05) is 49.7 Å². The number of hydrogen-bond acceptors (Lipinski definition) is 4. The highest BCUT2D eigenvalue weighted by molar-refractivity contribution is 5.96. The average Bonchev–Trinajstić information content (AvgIpc) is 2.86. The summed E-state index contributed by atoms with van der Waals surface area (Å²) in [7, 11) is 0. The monoisotopic (exact) mass is 492 g/mol. The topological polar surface area (TPSA) is 64.7 Å². The van der Waals surface area contributed by atoms with Gasteiger partial charge in [-0.25, -0.2) is 0 Å². The van der Waals surface area contributed by atoms with Crippen LogP contribution in [-0.2, 0) is 9.59 Å². The number of aryl methyl sites for hydroxylation is 4. The van der Waals surface area contributed by atoms with Gasteiger partial charge in [-0.05, 0) is 102 Å². The van der Waals surface area contributed by atoms with Gasteiger partial charge in [-0.3, -0.25) is 19.4 Å². The van der Waals surface area contributed by atoms with Crippen LogP contribution in [0.25, 0.3) is 0 Å². The first-order valence-corrected chi connectivity index (χ1v) is 13.5. The van der Waals surface area contributed by atoms with Crippen LogP contribution in [-0.4, -0.2) is 60.4 Å². The lowest BCUT2D eigenvalue weighted by Crippen LogP contribution is -2.47. The number of likely N-dealkylation sites (tertiary alicyclic amines) is 1. The number of nitrogens with zero attached hydrogens (tertiary/aromatic N) is 2. The molecule has 36 heavy (non-hydrogen) atoms. The Bertz CT molecular complexity index is 995. The fraction of sp³-hybridized carbons (Fsp3) is 0.533. The normalized spacial score (nSPS) is 16.2. The third-order valence-electron chi connectivity index (χ3n) is 7.38. The van der Waals surface area contributed by atoms with Crippen molar-refractivity contribution in [3.8, 4) is 0 Å². The third-order valence-corrected chi connectivity index (χ3v) is 7.38. The summed E-state index contributed by atoms with van der Waals surface area (Å²) in [5.41, 5.74) is 6.26. The summed E-state index contributed by atoms with van der Waals surface area (Å²) in [5.74, 6) is 0.152. The Balaban J connectivity index is 1.46. The summed E-state index contributed by atoms with van der Waals surface area (Å²) in [6.07, 6.45) is 5.18. The van der Waals surface area contributed by atoms with Crippen molar-refractivity contribution in [1.29, 1.82) is 0 Å². The van der Waals surface area contributed by atoms with Crippen molar-refractivity contribution in [2.75, 3.05) is 43.4 Å². The zero-order valence-electron chi connectivity index (χ0n) is 22.8. The van der Waals surface area contributed by atoms with E-state index in [2.05, 4.69) is 27.4 Å². The molecule has 2 aromatic carbocycles. The van der Waals surface area contributed by atoms with E-state index >= 15 is 0 Å². The van der Waals surface area contributed by atoms with Crippen LogP contribution in [0.3, 0.4) is 0 Å². The second-order valence-corrected chi connectivity index (χ2v) is 10.2. The quantitative estimate of drug-likeness (QED) is 0.409. The third kappa shape index (κ3) is 7.65. The van der Waals surface area contributed by atoms with Crippen molar-refractivity contribution in [2.24, 2.45) is 0 Å². The number of benzene rings is 2. The summed E-state index contributed by atoms with van der Waals surface area (Å²) in [5, 5.41) is 6.31. The maximum atomic E-state index is 13.2. The molecular weight excluding hydrogens is 448 g/mol. The van der Waals surface area contributed by atoms with Gasteiger partial charge in [0, 0.05) is 11.4 Å². The summed E-state index contributed by atoms with van der Waals surface area (Å²) in [4.78, 5) is 30.4. The van der Waals surface area contributed by atoms with Crippen LogP contribution in [0.5, 0.6) is 0 Å². The van der Waals surface area contributed by atoms with E-state index in [4.69, 9.17) is 0 Å². The number of amides is 2. The lowest BCUT2D eigenvalue weighted by atomic mass is 10.00. The second kappa shape index (κ2) is 13.6. The molecule has 6 nitrogen and oxygen atoms in total. The molecular formula is C30H44N4O2. The van der Waals surface area contributed by atoms with Gasteiger partial charge in [0.1, 0.15) is 0 Å². The van der Waals surface area contributed by atoms with E-state index < -0.39 is 0 Å². The van der Waals surface area contributed by atoms with Crippen molar-refractivity contribution in [3.05, 3.63) is 58.7 Å². The van der Waals surface area contributed by atoms with Crippen LogP contribution in [0.15, 0.2) is 36.4 Å². The van der Waals surface area contributed by atoms with E-state index in [1.807, 2.05) is 64.1 Å². The number of carbonyl (C=O) groups is 2. The van der Waals surface area contributed by atoms with E-state index in [0.29, 0.717) is 6.54 Å². The number of anilines is 2. The maximum Gasteiger partial charge on any atom is 0.241 e. The fourth-order valence-electron chi connectivity index (χ4n) is 5.17. The minimum Gasteiger partial charge on any atom is -0.324 e. The molecule has 1 aliphatic rings. The van der Waals surface area contributed by atoms with Gasteiger partial charge in [-0.2, -0.15) is 0 Å². The molecule has 3 rings (SSSR count). The summed E-state index contributed by atoms with van der Waals surface area (Å²) in [6.45, 7) is 14.2. The fourth-order valence-corrected chi connectivity index (χ4v) is 5.17. The summed E-state index contributed by atoms with van der Waals surface area (Å²) >= 11 is 0. The van der Waals surface area contributed by atoms with Crippen LogP contribution in [0, 0.1) is 27.7 Å². The van der Waals surface area contributed by atoms with Crippen LogP contribution in [0.4, 0.5) is 11.4 Å². The summed E-state index contributed by atoms with van der Waals surface area (Å²) in [6, 6.07) is 12.1. The Kier molecular flexibility index (Phi) is 10.5. The molecule has 0 saturated carbocycles. The van der Waals surface area contributed by atoms with Gasteiger partial charge in [0.05, 0.1) is 12.6 Å². The molecule has 6 heteroatoms. The predicted molar refractivity (Wildman–Crippen MR) is 150 cm³/mol. The minimum absolute atomic E-state index is 0.0357. The molecule has 196 valence electrons. The SMILES string of the molecule is CCN(CCCCN1CCCCC1C(=O)Nc1c(C)cccc1C)CC(=O)Nc1c(C)cccc1C. The molecule has 1 fully saturated rings. The standard InChI is InChI=1S/C30H44N4O2/c1-6-33(21-27(35)31-28-22(2)13-11-14-23(28)3)18-9-10-20-34-19-8-7-17-26(34)30(36)32-29-24(4)15-12-16-25(29)5/h11-16,26H,6-10,17-21H2,1-5H3,(H,31,35)(H,32,36). The average molecular weight is 493 g/mol. The number of unbranched alkanes of at least 4 members (excludes halogenated alkanes) is 1. The van der Waals surface area contributed by atoms with E-state index in [1.54, 1.807) is 0 Å². The molecule has 2 amide bonds. The smallest absolute Gasteiger partial charge is 0.241 e. The summed E-state index contributed by atoms with van der Waals surface area (Å²) < 4.78 is 0. The first kappa shape index (κ1) is 27.9. The molecule has 0 radical (unpaired) electrons. The first-order chi connectivity index (χ1) is 17.3. The number of piperidine rings is 1. The number of rotatable bonds is 11. The molecule has 2 N–H and O–H groups in total. The van der Waals surface area contributed by atoms with Gasteiger partial charge in [0.15, 0.2) is 0 Å². The highest BCUT2D eigenvalue weighted by Gasteiger charge is 2.28.